The third kappa shape index (κ3) is 9.23. The molecule has 21 heteroatoms. The number of hydrazine groups is 1. The van der Waals surface area contributed by atoms with Crippen molar-refractivity contribution < 1.29 is 0 Å². The van der Waals surface area contributed by atoms with Gasteiger partial charge in [-0.3, -0.25) is 9.34 Å². The van der Waals surface area contributed by atoms with E-state index in [1.165, 1.54) is 0 Å². The molecule has 272 valence electrons. The quantitative estimate of drug-likeness (QED) is 0.153. The number of nitrogens with zero attached hydrogens (tertiary/aromatic N) is 16. The summed E-state index contributed by atoms with van der Waals surface area (Å²) in [7, 11) is 39.0. The monoisotopic (exact) mass is 739 g/mol. The van der Waals surface area contributed by atoms with Gasteiger partial charge in [0.15, 0.2) is 8.37 Å². The van der Waals surface area contributed by atoms with E-state index >= 15 is 0 Å². The van der Waals surface area contributed by atoms with Crippen LogP contribution in [0.25, 0.3) is 0 Å². The molecule has 0 saturated heterocycles. The molecular formula is C24H72N16P5+. The van der Waals surface area contributed by atoms with Crippen molar-refractivity contribution >= 4 is 38.8 Å². The Labute approximate surface area is 281 Å². The predicted octanol–water partition coefficient (Wildman–Crippen LogP) is 4.69. The standard InChI is InChI=1S/C24H72N16P5/c1-28(2)40(41(29(3)4)30(5)6)42(25-43(31(7)8,32(9)10)33(11)12,26-44(34(13)14,35(15)16)36(17)18)27-45(37(19)20,38(21)22)39(23)24/h1-24H3/q+1. The highest BCUT2D eigenvalue weighted by atomic mass is 31.3. The second-order valence-corrected chi connectivity index (χ2v) is 30.0. The minimum atomic E-state index is -3.32. The number of hydrogen-bond acceptors (Lipinski definition) is 7. The fourth-order valence-corrected chi connectivity index (χ4v) is 29.0. The van der Waals surface area contributed by atoms with Crippen molar-refractivity contribution in [3.63, 3.8) is 0 Å². The first kappa shape index (κ1) is 46.0. The summed E-state index contributed by atoms with van der Waals surface area (Å²) in [6.07, 6.45) is 0. The molecule has 0 aliphatic rings. The van der Waals surface area contributed by atoms with Crippen LogP contribution < -0.4 is 0 Å². The van der Waals surface area contributed by atoms with Gasteiger partial charge in [-0.2, -0.15) is 0 Å². The van der Waals surface area contributed by atoms with Crippen LogP contribution in [0, 0.1) is 0 Å². The van der Waals surface area contributed by atoms with Gasteiger partial charge < -0.3 is 0 Å². The van der Waals surface area contributed by atoms with Crippen LogP contribution in [0.4, 0.5) is 0 Å². The second-order valence-electron chi connectivity index (χ2n) is 13.1. The molecule has 16 nitrogen and oxygen atoms in total. The molecule has 0 saturated carbocycles. The molecule has 0 N–H and O–H groups in total. The molecule has 0 aliphatic heterocycles. The van der Waals surface area contributed by atoms with E-state index < -0.39 is 38.8 Å². The fraction of sp³-hybridized carbons (Fsp3) is 1.00. The Bertz CT molecular complexity index is 884. The Morgan fingerprint density at radius 3 is 0.622 bits per heavy atom. The maximum Gasteiger partial charge on any atom is 0.474 e. The van der Waals surface area contributed by atoms with E-state index in [1.54, 1.807) is 0 Å². The molecule has 0 aliphatic carbocycles. The summed E-state index contributed by atoms with van der Waals surface area (Å²) >= 11 is 0. The van der Waals surface area contributed by atoms with Gasteiger partial charge in [-0.1, -0.05) is 0 Å². The van der Waals surface area contributed by atoms with E-state index in [4.69, 9.17) is 13.5 Å². The van der Waals surface area contributed by atoms with Gasteiger partial charge in [0.25, 0.3) is 0 Å². The Kier molecular flexibility index (Phi) is 18.2. The molecule has 0 amide bonds. The zero-order chi connectivity index (χ0) is 36.2. The van der Waals surface area contributed by atoms with Crippen LogP contribution in [-0.4, -0.2) is 230 Å². The first-order chi connectivity index (χ1) is 20.2. The van der Waals surface area contributed by atoms with E-state index in [1.807, 2.05) is 0 Å². The maximum absolute atomic E-state index is 6.22. The second kappa shape index (κ2) is 17.8. The molecule has 0 rings (SSSR count). The summed E-state index contributed by atoms with van der Waals surface area (Å²) in [5.74, 6) is 0. The lowest BCUT2D eigenvalue weighted by molar-refractivity contribution is 0.218. The van der Waals surface area contributed by atoms with Gasteiger partial charge in [-0.25, -0.2) is 47.0 Å². The lowest BCUT2D eigenvalue weighted by Crippen LogP contribution is -2.40. The summed E-state index contributed by atoms with van der Waals surface area (Å²) in [6.45, 7) is 0. The van der Waals surface area contributed by atoms with Crippen molar-refractivity contribution in [3.8, 4) is 0 Å². The zero-order valence-corrected chi connectivity index (χ0v) is 37.9. The smallest absolute Gasteiger partial charge is 0.260 e. The third-order valence-corrected chi connectivity index (χ3v) is 26.6. The highest BCUT2D eigenvalue weighted by Crippen LogP contribution is 2.87. The van der Waals surface area contributed by atoms with E-state index in [9.17, 15) is 0 Å². The summed E-state index contributed by atoms with van der Waals surface area (Å²) in [6, 6.07) is 0. The van der Waals surface area contributed by atoms with E-state index in [0.717, 1.165) is 0 Å². The van der Waals surface area contributed by atoms with Crippen LogP contribution >= 0.6 is 38.8 Å². The maximum atomic E-state index is 6.22. The Morgan fingerprint density at radius 2 is 0.511 bits per heavy atom. The summed E-state index contributed by atoms with van der Waals surface area (Å²) in [5, 5.41) is 2.19. The molecule has 0 aromatic rings. The molecular weight excluding hydrogens is 667 g/mol. The zero-order valence-electron chi connectivity index (χ0n) is 33.4. The molecule has 0 bridgehead atoms. The normalized spacial score (nSPS) is 14.8. The molecule has 0 heterocycles. The van der Waals surface area contributed by atoms with Gasteiger partial charge in [-0.15, -0.1) is 0 Å². The Morgan fingerprint density at radius 1 is 0.333 bits per heavy atom. The minimum Gasteiger partial charge on any atom is -0.260 e. The largest absolute Gasteiger partial charge is 0.474 e. The van der Waals surface area contributed by atoms with Crippen molar-refractivity contribution in [2.45, 2.75) is 0 Å². The van der Waals surface area contributed by atoms with Crippen LogP contribution in [0.5, 0.6) is 0 Å². The SMILES string of the molecule is CN(C)N(P(N(C)C)N(C)C)[P+](N=P(N(C)C)(N(C)C)N(C)C)(N=P(N(C)C)(N(C)C)N(C)C)N=P(N(C)C)(N(C)C)N(C)C. The summed E-state index contributed by atoms with van der Waals surface area (Å²) < 4.78 is 46.1. The van der Waals surface area contributed by atoms with E-state index in [-0.39, 0.29) is 0 Å². The van der Waals surface area contributed by atoms with Crippen LogP contribution in [0.1, 0.15) is 0 Å². The molecule has 0 unspecified atom stereocenters. The van der Waals surface area contributed by atoms with E-state index in [2.05, 4.69) is 230 Å². The lowest BCUT2D eigenvalue weighted by atomic mass is 11.2. The van der Waals surface area contributed by atoms with Gasteiger partial charge >= 0.3 is 7.87 Å². The molecule has 0 aromatic heterocycles. The van der Waals surface area contributed by atoms with Crippen molar-refractivity contribution in [1.29, 1.82) is 0 Å². The summed E-state index contributed by atoms with van der Waals surface area (Å²) in [4.78, 5) is 0. The highest BCUT2D eigenvalue weighted by molar-refractivity contribution is 7.88. The van der Waals surface area contributed by atoms with Gasteiger partial charge in [0.1, 0.15) is 0 Å². The van der Waals surface area contributed by atoms with Crippen LogP contribution in [0.3, 0.4) is 0 Å². The topological polar surface area (TPSA) is 79.2 Å². The number of rotatable bonds is 17. The van der Waals surface area contributed by atoms with Crippen molar-refractivity contribution in [2.75, 3.05) is 169 Å². The molecule has 45 heavy (non-hydrogen) atoms. The van der Waals surface area contributed by atoms with Gasteiger partial charge in [0, 0.05) is 18.6 Å². The first-order valence-electron chi connectivity index (χ1n) is 14.7. The van der Waals surface area contributed by atoms with Crippen molar-refractivity contribution in [1.82, 2.24) is 60.9 Å². The molecule has 0 aromatic carbocycles. The van der Waals surface area contributed by atoms with Gasteiger partial charge in [0.05, 0.1) is 0 Å². The Balaban J connectivity index is 10.1. The summed E-state index contributed by atoms with van der Waals surface area (Å²) in [5.41, 5.74) is 0. The Hall–Kier alpha value is 1.03. The molecule has 0 atom stereocenters. The lowest BCUT2D eigenvalue weighted by Gasteiger charge is -2.47. The average Bonchev–Trinajstić information content (AvgIpc) is 2.84. The average molecular weight is 740 g/mol. The number of hydrogen-bond donors (Lipinski definition) is 0. The fourth-order valence-electron chi connectivity index (χ4n) is 5.77. The van der Waals surface area contributed by atoms with E-state index in [0.29, 0.717) is 0 Å². The van der Waals surface area contributed by atoms with Gasteiger partial charge in [-0.05, 0) is 169 Å². The van der Waals surface area contributed by atoms with Crippen molar-refractivity contribution in [3.05, 3.63) is 0 Å². The van der Waals surface area contributed by atoms with Gasteiger partial charge in [0.2, 0.25) is 22.5 Å². The molecule has 0 spiro atoms. The predicted molar refractivity (Wildman–Crippen MR) is 208 cm³/mol. The van der Waals surface area contributed by atoms with Crippen LogP contribution in [0.15, 0.2) is 13.5 Å². The van der Waals surface area contributed by atoms with Crippen LogP contribution in [0.2, 0.25) is 0 Å². The molecule has 0 radical (unpaired) electrons. The minimum absolute atomic E-state index is 1.12. The molecule has 0 fully saturated rings. The van der Waals surface area contributed by atoms with Crippen LogP contribution in [-0.2, 0) is 0 Å². The first-order valence-corrected chi connectivity index (χ1v) is 22.3. The third-order valence-electron chi connectivity index (χ3n) is 7.02. The van der Waals surface area contributed by atoms with Crippen molar-refractivity contribution in [2.24, 2.45) is 13.5 Å². The highest BCUT2D eigenvalue weighted by Gasteiger charge is 2.62.